The number of thiophene rings is 3. The fourth-order valence-corrected chi connectivity index (χ4v) is 4.56. The van der Waals surface area contributed by atoms with Crippen LogP contribution in [0.2, 0.25) is 0 Å². The van der Waals surface area contributed by atoms with Crippen LogP contribution in [0.15, 0.2) is 35.7 Å². The predicted octanol–water partition coefficient (Wildman–Crippen LogP) is 5.82. The van der Waals surface area contributed by atoms with Crippen molar-refractivity contribution in [3.05, 3.63) is 45.5 Å². The van der Waals surface area contributed by atoms with Crippen molar-refractivity contribution < 1.29 is 0 Å². The Morgan fingerprint density at radius 2 is 1.41 bits per heavy atom. The van der Waals surface area contributed by atoms with E-state index < -0.39 is 0 Å². The maximum atomic E-state index is 2.31. The van der Waals surface area contributed by atoms with E-state index in [2.05, 4.69) is 49.6 Å². The lowest BCUT2D eigenvalue weighted by Gasteiger charge is -1.90. The first kappa shape index (κ1) is 11.2. The molecular formula is C14H12S3. The molecule has 0 bridgehead atoms. The molecule has 0 fully saturated rings. The summed E-state index contributed by atoms with van der Waals surface area (Å²) in [5, 5.41) is 2.26. The Morgan fingerprint density at radius 3 is 2.00 bits per heavy atom. The lowest BCUT2D eigenvalue weighted by Crippen LogP contribution is -1.62. The van der Waals surface area contributed by atoms with Gasteiger partial charge < -0.3 is 0 Å². The highest BCUT2D eigenvalue weighted by molar-refractivity contribution is 7.21. The van der Waals surface area contributed by atoms with Gasteiger partial charge in [-0.3, -0.25) is 0 Å². The summed E-state index contributed by atoms with van der Waals surface area (Å²) in [5.74, 6) is 0. The molecule has 3 rings (SSSR count). The molecule has 0 N–H and O–H groups in total. The van der Waals surface area contributed by atoms with Crippen molar-refractivity contribution in [1.82, 2.24) is 0 Å². The molecule has 0 spiro atoms. The van der Waals surface area contributed by atoms with Crippen molar-refractivity contribution in [1.29, 1.82) is 0 Å². The van der Waals surface area contributed by atoms with Gasteiger partial charge in [0.2, 0.25) is 0 Å². The number of rotatable bonds is 2. The van der Waals surface area contributed by atoms with E-state index in [1.54, 1.807) is 0 Å². The molecule has 0 aromatic carbocycles. The molecule has 0 radical (unpaired) electrons. The topological polar surface area (TPSA) is 0 Å². The van der Waals surface area contributed by atoms with E-state index in [0.717, 1.165) is 0 Å². The first-order valence-corrected chi connectivity index (χ1v) is 7.96. The van der Waals surface area contributed by atoms with E-state index in [9.17, 15) is 0 Å². The van der Waals surface area contributed by atoms with Gasteiger partial charge in [-0.2, -0.15) is 0 Å². The second kappa shape index (κ2) is 4.41. The van der Waals surface area contributed by atoms with E-state index in [1.165, 1.54) is 29.9 Å². The molecule has 0 nitrogen and oxygen atoms in total. The molecule has 0 unspecified atom stereocenters. The normalized spacial score (nSPS) is 10.9. The third-order valence-electron chi connectivity index (χ3n) is 2.61. The molecule has 17 heavy (non-hydrogen) atoms. The van der Waals surface area contributed by atoms with Gasteiger partial charge in [0.25, 0.3) is 0 Å². The molecule has 0 amide bonds. The van der Waals surface area contributed by atoms with Gasteiger partial charge in [-0.1, -0.05) is 0 Å². The summed E-state index contributed by atoms with van der Waals surface area (Å²) in [6.45, 7) is 4.31. The van der Waals surface area contributed by atoms with Gasteiger partial charge in [0.05, 0.1) is 0 Å². The molecule has 3 heterocycles. The summed E-state index contributed by atoms with van der Waals surface area (Å²) in [7, 11) is 0. The predicted molar refractivity (Wildman–Crippen MR) is 80.4 cm³/mol. The Bertz CT molecular complexity index is 585. The van der Waals surface area contributed by atoms with Crippen LogP contribution in [-0.2, 0) is 0 Å². The zero-order valence-electron chi connectivity index (χ0n) is 9.69. The van der Waals surface area contributed by atoms with Crippen molar-refractivity contribution in [2.45, 2.75) is 13.8 Å². The molecular weight excluding hydrogens is 264 g/mol. The third kappa shape index (κ3) is 2.23. The molecule has 3 aromatic rings. The standard InChI is InChI=1S/C14H12S3/c1-9-3-5-12(16-9)11-7-14(15-8-11)13-6-4-10(2)17-13/h3-8H,1-2H3. The summed E-state index contributed by atoms with van der Waals surface area (Å²) in [5.41, 5.74) is 1.36. The Labute approximate surface area is 113 Å². The van der Waals surface area contributed by atoms with Crippen LogP contribution in [0.4, 0.5) is 0 Å². The molecule has 3 aromatic heterocycles. The van der Waals surface area contributed by atoms with Gasteiger partial charge in [0.1, 0.15) is 0 Å². The van der Waals surface area contributed by atoms with Gasteiger partial charge in [-0.15, -0.1) is 34.0 Å². The molecule has 0 saturated heterocycles. The summed E-state index contributed by atoms with van der Waals surface area (Å²) >= 11 is 5.57. The molecule has 3 heteroatoms. The van der Waals surface area contributed by atoms with E-state index in [1.807, 2.05) is 34.0 Å². The van der Waals surface area contributed by atoms with Crippen molar-refractivity contribution in [2.24, 2.45) is 0 Å². The van der Waals surface area contributed by atoms with Crippen LogP contribution in [0.3, 0.4) is 0 Å². The maximum Gasteiger partial charge on any atom is 0.0449 e. The van der Waals surface area contributed by atoms with Crippen LogP contribution >= 0.6 is 34.0 Å². The van der Waals surface area contributed by atoms with E-state index in [0.29, 0.717) is 0 Å². The van der Waals surface area contributed by atoms with Gasteiger partial charge in [0.15, 0.2) is 0 Å². The largest absolute Gasteiger partial charge is 0.142 e. The highest BCUT2D eigenvalue weighted by atomic mass is 32.1. The van der Waals surface area contributed by atoms with Crippen LogP contribution in [-0.4, -0.2) is 0 Å². The first-order chi connectivity index (χ1) is 8.22. The fraction of sp³-hybridized carbons (Fsp3) is 0.143. The lowest BCUT2D eigenvalue weighted by molar-refractivity contribution is 1.64. The molecule has 0 atom stereocenters. The van der Waals surface area contributed by atoms with Crippen molar-refractivity contribution in [3.8, 4) is 20.2 Å². The van der Waals surface area contributed by atoms with Crippen molar-refractivity contribution in [2.75, 3.05) is 0 Å². The minimum Gasteiger partial charge on any atom is -0.142 e. The van der Waals surface area contributed by atoms with Crippen LogP contribution in [0, 0.1) is 13.8 Å². The van der Waals surface area contributed by atoms with E-state index in [4.69, 9.17) is 0 Å². The van der Waals surface area contributed by atoms with Crippen LogP contribution in [0.1, 0.15) is 9.75 Å². The fourth-order valence-electron chi connectivity index (χ4n) is 1.75. The molecule has 0 saturated carbocycles. The van der Waals surface area contributed by atoms with Crippen molar-refractivity contribution in [3.63, 3.8) is 0 Å². The maximum absolute atomic E-state index is 2.31. The van der Waals surface area contributed by atoms with E-state index in [-0.39, 0.29) is 0 Å². The third-order valence-corrected chi connectivity index (χ3v) is 5.78. The minimum atomic E-state index is 1.36. The number of hydrogen-bond acceptors (Lipinski definition) is 3. The average molecular weight is 276 g/mol. The zero-order chi connectivity index (χ0) is 11.8. The van der Waals surface area contributed by atoms with Gasteiger partial charge in [-0.25, -0.2) is 0 Å². The second-order valence-corrected chi connectivity index (χ2v) is 7.51. The Hall–Kier alpha value is -0.900. The summed E-state index contributed by atoms with van der Waals surface area (Å²) in [6.07, 6.45) is 0. The summed E-state index contributed by atoms with van der Waals surface area (Å²) < 4.78 is 0. The van der Waals surface area contributed by atoms with Crippen LogP contribution < -0.4 is 0 Å². The quantitative estimate of drug-likeness (QED) is 0.553. The van der Waals surface area contributed by atoms with E-state index >= 15 is 0 Å². The highest BCUT2D eigenvalue weighted by Gasteiger charge is 2.07. The van der Waals surface area contributed by atoms with Crippen molar-refractivity contribution >= 4 is 34.0 Å². The van der Waals surface area contributed by atoms with Crippen LogP contribution in [0.5, 0.6) is 0 Å². The van der Waals surface area contributed by atoms with Crippen LogP contribution in [0.25, 0.3) is 20.2 Å². The molecule has 86 valence electrons. The average Bonchev–Trinajstić information content (AvgIpc) is 2.96. The Kier molecular flexibility index (Phi) is 2.90. The summed E-state index contributed by atoms with van der Waals surface area (Å²) in [6, 6.07) is 11.1. The summed E-state index contributed by atoms with van der Waals surface area (Å²) in [4.78, 5) is 6.89. The van der Waals surface area contributed by atoms with Gasteiger partial charge in [0, 0.05) is 35.3 Å². The molecule has 0 aliphatic carbocycles. The molecule has 0 aliphatic rings. The Balaban J connectivity index is 1.98. The highest BCUT2D eigenvalue weighted by Crippen LogP contribution is 2.38. The second-order valence-electron chi connectivity index (χ2n) is 4.02. The Morgan fingerprint density at radius 1 is 0.765 bits per heavy atom. The van der Waals surface area contributed by atoms with Gasteiger partial charge >= 0.3 is 0 Å². The monoisotopic (exact) mass is 276 g/mol. The lowest BCUT2D eigenvalue weighted by atomic mass is 10.2. The van der Waals surface area contributed by atoms with Gasteiger partial charge in [-0.05, 0) is 44.2 Å². The first-order valence-electron chi connectivity index (χ1n) is 5.44. The zero-order valence-corrected chi connectivity index (χ0v) is 12.1. The number of hydrogen-bond donors (Lipinski definition) is 0. The minimum absolute atomic E-state index is 1.36. The smallest absolute Gasteiger partial charge is 0.0449 e. The number of aryl methyl sites for hydroxylation is 2. The SMILES string of the molecule is Cc1ccc(-c2csc(-c3ccc(C)s3)c2)s1. The molecule has 0 aliphatic heterocycles.